The highest BCUT2D eigenvalue weighted by Gasteiger charge is 2.04. The summed E-state index contributed by atoms with van der Waals surface area (Å²) in [5, 5.41) is 0. The van der Waals surface area contributed by atoms with Crippen LogP contribution in [0.2, 0.25) is 0 Å². The first-order valence-corrected chi connectivity index (χ1v) is 6.17. The van der Waals surface area contributed by atoms with Gasteiger partial charge in [0.2, 0.25) is 0 Å². The molecule has 0 amide bonds. The summed E-state index contributed by atoms with van der Waals surface area (Å²) >= 11 is 0. The van der Waals surface area contributed by atoms with Gasteiger partial charge in [-0.15, -0.1) is 0 Å². The van der Waals surface area contributed by atoms with E-state index in [1.165, 1.54) is 17.7 Å². The van der Waals surface area contributed by atoms with E-state index in [9.17, 15) is 0 Å². The molecule has 1 rings (SSSR count). The molecule has 0 aliphatic rings. The van der Waals surface area contributed by atoms with Gasteiger partial charge in [-0.25, -0.2) is 0 Å². The number of hydrogen-bond donors (Lipinski definition) is 1. The number of benzene rings is 1. The fourth-order valence-corrected chi connectivity index (χ4v) is 1.87. The van der Waals surface area contributed by atoms with Gasteiger partial charge in [0.15, 0.2) is 0 Å². The molecule has 1 aromatic carbocycles. The van der Waals surface area contributed by atoms with Crippen molar-refractivity contribution in [2.75, 3.05) is 18.5 Å². The van der Waals surface area contributed by atoms with Gasteiger partial charge in [0.05, 0.1) is 0 Å². The number of rotatable bonds is 6. The predicted octanol–water partition coefficient (Wildman–Crippen LogP) is 2.95. The SMILES string of the molecule is CCCC(N)CCN(C)c1cccc(C)c1. The lowest BCUT2D eigenvalue weighted by Crippen LogP contribution is -2.27. The van der Waals surface area contributed by atoms with Crippen molar-refractivity contribution in [2.24, 2.45) is 5.73 Å². The zero-order valence-electron chi connectivity index (χ0n) is 10.7. The van der Waals surface area contributed by atoms with E-state index in [-0.39, 0.29) is 0 Å². The third-order valence-electron chi connectivity index (χ3n) is 2.94. The van der Waals surface area contributed by atoms with Crippen LogP contribution in [0.4, 0.5) is 5.69 Å². The zero-order valence-corrected chi connectivity index (χ0v) is 10.7. The molecular weight excluding hydrogens is 196 g/mol. The lowest BCUT2D eigenvalue weighted by atomic mass is 10.1. The maximum Gasteiger partial charge on any atom is 0.0366 e. The van der Waals surface area contributed by atoms with E-state index in [1.54, 1.807) is 0 Å². The van der Waals surface area contributed by atoms with Crippen LogP contribution in [0, 0.1) is 6.92 Å². The normalized spacial score (nSPS) is 12.5. The Bertz CT molecular complexity index is 309. The summed E-state index contributed by atoms with van der Waals surface area (Å²) in [6.45, 7) is 5.34. The Morgan fingerprint density at radius 2 is 2.06 bits per heavy atom. The monoisotopic (exact) mass is 220 g/mol. The molecular formula is C14H24N2. The number of aryl methyl sites for hydroxylation is 1. The van der Waals surface area contributed by atoms with E-state index in [4.69, 9.17) is 5.73 Å². The molecule has 2 heteroatoms. The molecule has 90 valence electrons. The summed E-state index contributed by atoms with van der Waals surface area (Å²) in [6.07, 6.45) is 3.37. The molecule has 0 fully saturated rings. The van der Waals surface area contributed by atoms with Gasteiger partial charge in [-0.3, -0.25) is 0 Å². The lowest BCUT2D eigenvalue weighted by molar-refractivity contribution is 0.561. The Balaban J connectivity index is 2.43. The summed E-state index contributed by atoms with van der Waals surface area (Å²) in [4.78, 5) is 2.28. The fraction of sp³-hybridized carbons (Fsp3) is 0.571. The first-order valence-electron chi connectivity index (χ1n) is 6.17. The summed E-state index contributed by atoms with van der Waals surface area (Å²) in [7, 11) is 2.13. The van der Waals surface area contributed by atoms with Gasteiger partial charge in [-0.05, 0) is 37.5 Å². The molecule has 0 aliphatic carbocycles. The van der Waals surface area contributed by atoms with Crippen molar-refractivity contribution < 1.29 is 0 Å². The molecule has 0 saturated carbocycles. The first kappa shape index (κ1) is 13.0. The first-order chi connectivity index (χ1) is 7.63. The summed E-state index contributed by atoms with van der Waals surface area (Å²) in [5.41, 5.74) is 8.60. The van der Waals surface area contributed by atoms with E-state index in [0.717, 1.165) is 19.4 Å². The van der Waals surface area contributed by atoms with Crippen LogP contribution < -0.4 is 10.6 Å². The Morgan fingerprint density at radius 1 is 1.31 bits per heavy atom. The van der Waals surface area contributed by atoms with Crippen LogP contribution in [0.25, 0.3) is 0 Å². The molecule has 0 aliphatic heterocycles. The van der Waals surface area contributed by atoms with Gasteiger partial charge in [0.25, 0.3) is 0 Å². The molecule has 2 N–H and O–H groups in total. The van der Waals surface area contributed by atoms with E-state index in [1.807, 2.05) is 0 Å². The van der Waals surface area contributed by atoms with Crippen molar-refractivity contribution in [3.05, 3.63) is 29.8 Å². The minimum Gasteiger partial charge on any atom is -0.375 e. The Kier molecular flexibility index (Phi) is 5.33. The van der Waals surface area contributed by atoms with Crippen LogP contribution in [0.15, 0.2) is 24.3 Å². The maximum atomic E-state index is 6.01. The van der Waals surface area contributed by atoms with Crippen LogP contribution in [-0.4, -0.2) is 19.6 Å². The molecule has 1 unspecified atom stereocenters. The smallest absolute Gasteiger partial charge is 0.0366 e. The second kappa shape index (κ2) is 6.54. The second-order valence-corrected chi connectivity index (χ2v) is 4.60. The fourth-order valence-electron chi connectivity index (χ4n) is 1.87. The Hall–Kier alpha value is -1.02. The summed E-state index contributed by atoms with van der Waals surface area (Å²) < 4.78 is 0. The topological polar surface area (TPSA) is 29.3 Å². The quantitative estimate of drug-likeness (QED) is 0.798. The van der Waals surface area contributed by atoms with Crippen molar-refractivity contribution in [1.29, 1.82) is 0 Å². The third-order valence-corrected chi connectivity index (χ3v) is 2.94. The predicted molar refractivity (Wildman–Crippen MR) is 71.9 cm³/mol. The molecule has 1 atom stereocenters. The number of anilines is 1. The van der Waals surface area contributed by atoms with Crippen LogP contribution in [0.3, 0.4) is 0 Å². The zero-order chi connectivity index (χ0) is 12.0. The Morgan fingerprint density at radius 3 is 2.69 bits per heavy atom. The van der Waals surface area contributed by atoms with Crippen LogP contribution in [0.1, 0.15) is 31.7 Å². The average molecular weight is 220 g/mol. The minimum atomic E-state index is 0.345. The lowest BCUT2D eigenvalue weighted by Gasteiger charge is -2.21. The molecule has 2 nitrogen and oxygen atoms in total. The molecule has 0 aromatic heterocycles. The van der Waals surface area contributed by atoms with Gasteiger partial charge < -0.3 is 10.6 Å². The molecule has 0 heterocycles. The van der Waals surface area contributed by atoms with Gasteiger partial charge >= 0.3 is 0 Å². The summed E-state index contributed by atoms with van der Waals surface area (Å²) in [6, 6.07) is 8.94. The summed E-state index contributed by atoms with van der Waals surface area (Å²) in [5.74, 6) is 0. The van der Waals surface area contributed by atoms with Crippen LogP contribution in [-0.2, 0) is 0 Å². The van der Waals surface area contributed by atoms with E-state index in [2.05, 4.69) is 50.1 Å². The van der Waals surface area contributed by atoms with Crippen molar-refractivity contribution >= 4 is 5.69 Å². The molecule has 0 saturated heterocycles. The molecule has 0 spiro atoms. The molecule has 1 aromatic rings. The highest BCUT2D eigenvalue weighted by molar-refractivity contribution is 5.47. The van der Waals surface area contributed by atoms with Crippen molar-refractivity contribution in [2.45, 2.75) is 39.2 Å². The highest BCUT2D eigenvalue weighted by atomic mass is 15.1. The van der Waals surface area contributed by atoms with E-state index >= 15 is 0 Å². The Labute approximate surface area is 99.5 Å². The average Bonchev–Trinajstić information content (AvgIpc) is 2.26. The van der Waals surface area contributed by atoms with Crippen molar-refractivity contribution in [3.63, 3.8) is 0 Å². The van der Waals surface area contributed by atoms with Crippen LogP contribution in [0.5, 0.6) is 0 Å². The van der Waals surface area contributed by atoms with Gasteiger partial charge in [-0.1, -0.05) is 25.5 Å². The second-order valence-electron chi connectivity index (χ2n) is 4.60. The van der Waals surface area contributed by atoms with Gasteiger partial charge in [0, 0.05) is 25.3 Å². The largest absolute Gasteiger partial charge is 0.375 e. The van der Waals surface area contributed by atoms with Gasteiger partial charge in [0.1, 0.15) is 0 Å². The van der Waals surface area contributed by atoms with E-state index in [0.29, 0.717) is 6.04 Å². The molecule has 16 heavy (non-hydrogen) atoms. The number of hydrogen-bond acceptors (Lipinski definition) is 2. The third kappa shape index (κ3) is 4.23. The highest BCUT2D eigenvalue weighted by Crippen LogP contribution is 2.14. The number of nitrogens with two attached hydrogens (primary N) is 1. The van der Waals surface area contributed by atoms with E-state index < -0.39 is 0 Å². The molecule has 0 radical (unpaired) electrons. The minimum absolute atomic E-state index is 0.345. The molecule has 0 bridgehead atoms. The number of nitrogens with zero attached hydrogens (tertiary/aromatic N) is 1. The van der Waals surface area contributed by atoms with Gasteiger partial charge in [-0.2, -0.15) is 0 Å². The standard InChI is InChI=1S/C14H24N2/c1-4-6-13(15)9-10-16(3)14-8-5-7-12(2)11-14/h5,7-8,11,13H,4,6,9-10,15H2,1-3H3. The maximum absolute atomic E-state index is 6.01. The van der Waals surface area contributed by atoms with Crippen molar-refractivity contribution in [1.82, 2.24) is 0 Å². The van der Waals surface area contributed by atoms with Crippen LogP contribution >= 0.6 is 0 Å². The van der Waals surface area contributed by atoms with Crippen molar-refractivity contribution in [3.8, 4) is 0 Å².